The SMILES string of the molecule is O=c1c(-c2ccc(Br)cc2)coc2cc(OCCn3ccnc3)ccc12. The second-order valence-electron chi connectivity index (χ2n) is 5.79. The molecule has 0 aliphatic carbocycles. The Morgan fingerprint density at radius 2 is 2.00 bits per heavy atom. The van der Waals surface area contributed by atoms with E-state index in [9.17, 15) is 4.79 Å². The van der Waals surface area contributed by atoms with Crippen molar-refractivity contribution in [1.82, 2.24) is 9.55 Å². The van der Waals surface area contributed by atoms with Gasteiger partial charge in [0.1, 0.15) is 24.2 Å². The number of halogens is 1. The van der Waals surface area contributed by atoms with Crippen molar-refractivity contribution >= 4 is 26.9 Å². The number of fused-ring (bicyclic) bond motifs is 1. The second-order valence-corrected chi connectivity index (χ2v) is 6.71. The van der Waals surface area contributed by atoms with Crippen LogP contribution in [0.15, 0.2) is 81.1 Å². The van der Waals surface area contributed by atoms with Crippen LogP contribution in [0, 0.1) is 0 Å². The highest BCUT2D eigenvalue weighted by atomic mass is 79.9. The third-order valence-corrected chi connectivity index (χ3v) is 4.61. The van der Waals surface area contributed by atoms with Crippen molar-refractivity contribution in [2.75, 3.05) is 6.61 Å². The first kappa shape index (κ1) is 16.6. The predicted octanol–water partition coefficient (Wildman–Crippen LogP) is 4.50. The van der Waals surface area contributed by atoms with Crippen LogP contribution in [0.4, 0.5) is 0 Å². The van der Waals surface area contributed by atoms with Gasteiger partial charge in [-0.25, -0.2) is 4.98 Å². The molecule has 5 nitrogen and oxygen atoms in total. The fourth-order valence-electron chi connectivity index (χ4n) is 2.72. The molecule has 0 aliphatic heterocycles. The van der Waals surface area contributed by atoms with Gasteiger partial charge >= 0.3 is 0 Å². The average Bonchev–Trinajstić information content (AvgIpc) is 3.16. The molecule has 0 saturated heterocycles. The molecule has 0 bridgehead atoms. The first-order valence-electron chi connectivity index (χ1n) is 8.11. The lowest BCUT2D eigenvalue weighted by Crippen LogP contribution is -2.07. The van der Waals surface area contributed by atoms with Gasteiger partial charge in [0.05, 0.1) is 23.8 Å². The van der Waals surface area contributed by atoms with Crippen LogP contribution in [0.3, 0.4) is 0 Å². The van der Waals surface area contributed by atoms with Gasteiger partial charge in [0.2, 0.25) is 0 Å². The Labute approximate surface area is 158 Å². The molecule has 0 radical (unpaired) electrons. The van der Waals surface area contributed by atoms with Crippen LogP contribution in [0.25, 0.3) is 22.1 Å². The van der Waals surface area contributed by atoms with Gasteiger partial charge in [-0.3, -0.25) is 4.79 Å². The molecule has 0 saturated carbocycles. The summed E-state index contributed by atoms with van der Waals surface area (Å²) in [6.45, 7) is 1.20. The predicted molar refractivity (Wildman–Crippen MR) is 103 cm³/mol. The van der Waals surface area contributed by atoms with Crippen molar-refractivity contribution in [1.29, 1.82) is 0 Å². The summed E-state index contributed by atoms with van der Waals surface area (Å²) in [6.07, 6.45) is 6.86. The van der Waals surface area contributed by atoms with Gasteiger partial charge in [-0.05, 0) is 29.8 Å². The molecule has 130 valence electrons. The highest BCUT2D eigenvalue weighted by Gasteiger charge is 2.10. The molecule has 4 aromatic rings. The zero-order valence-electron chi connectivity index (χ0n) is 13.8. The van der Waals surface area contributed by atoms with E-state index in [0.29, 0.717) is 35.4 Å². The average molecular weight is 411 g/mol. The number of benzene rings is 2. The van der Waals surface area contributed by atoms with Crippen molar-refractivity contribution in [3.05, 3.63) is 82.1 Å². The summed E-state index contributed by atoms with van der Waals surface area (Å²) >= 11 is 3.40. The third kappa shape index (κ3) is 3.41. The largest absolute Gasteiger partial charge is 0.492 e. The maximum atomic E-state index is 12.8. The maximum Gasteiger partial charge on any atom is 0.200 e. The summed E-state index contributed by atoms with van der Waals surface area (Å²) < 4.78 is 14.3. The van der Waals surface area contributed by atoms with Gasteiger partial charge < -0.3 is 13.7 Å². The smallest absolute Gasteiger partial charge is 0.200 e. The van der Waals surface area contributed by atoms with Gasteiger partial charge in [-0.2, -0.15) is 0 Å². The van der Waals surface area contributed by atoms with Gasteiger partial charge in [0, 0.05) is 22.9 Å². The normalized spacial score (nSPS) is 11.0. The molecule has 2 aromatic heterocycles. The Bertz CT molecular complexity index is 1090. The molecule has 26 heavy (non-hydrogen) atoms. The lowest BCUT2D eigenvalue weighted by molar-refractivity contribution is 0.298. The maximum absolute atomic E-state index is 12.8. The summed E-state index contributed by atoms with van der Waals surface area (Å²) in [5, 5.41) is 0.535. The number of hydrogen-bond acceptors (Lipinski definition) is 4. The summed E-state index contributed by atoms with van der Waals surface area (Å²) in [7, 11) is 0. The highest BCUT2D eigenvalue weighted by molar-refractivity contribution is 9.10. The Morgan fingerprint density at radius 1 is 1.15 bits per heavy atom. The molecule has 0 amide bonds. The summed E-state index contributed by atoms with van der Waals surface area (Å²) in [4.78, 5) is 16.8. The molecule has 0 unspecified atom stereocenters. The molecule has 6 heteroatoms. The molecule has 4 rings (SSSR count). The highest BCUT2D eigenvalue weighted by Crippen LogP contribution is 2.24. The van der Waals surface area contributed by atoms with Gasteiger partial charge in [-0.1, -0.05) is 28.1 Å². The van der Waals surface area contributed by atoms with E-state index in [2.05, 4.69) is 20.9 Å². The zero-order valence-corrected chi connectivity index (χ0v) is 15.3. The lowest BCUT2D eigenvalue weighted by atomic mass is 10.1. The van der Waals surface area contributed by atoms with Crippen LogP contribution < -0.4 is 10.2 Å². The van der Waals surface area contributed by atoms with Crippen LogP contribution >= 0.6 is 15.9 Å². The van der Waals surface area contributed by atoms with Crippen LogP contribution in [-0.4, -0.2) is 16.2 Å². The van der Waals surface area contributed by atoms with Crippen LogP contribution in [-0.2, 0) is 6.54 Å². The number of ether oxygens (including phenoxy) is 1. The van der Waals surface area contributed by atoms with E-state index in [0.717, 1.165) is 10.0 Å². The summed E-state index contributed by atoms with van der Waals surface area (Å²) in [6, 6.07) is 12.8. The molecular weight excluding hydrogens is 396 g/mol. The topological polar surface area (TPSA) is 57.3 Å². The van der Waals surface area contributed by atoms with Crippen LogP contribution in [0.5, 0.6) is 5.75 Å². The number of nitrogens with zero attached hydrogens (tertiary/aromatic N) is 2. The second kappa shape index (κ2) is 7.17. The molecule has 0 spiro atoms. The number of rotatable bonds is 5. The third-order valence-electron chi connectivity index (χ3n) is 4.08. The van der Waals surface area contributed by atoms with Gasteiger partial charge in [0.15, 0.2) is 5.43 Å². The summed E-state index contributed by atoms with van der Waals surface area (Å²) in [5.41, 5.74) is 1.82. The fourth-order valence-corrected chi connectivity index (χ4v) is 2.98. The molecule has 2 aromatic carbocycles. The standard InChI is InChI=1S/C20H15BrN2O3/c21-15-3-1-14(2-4-15)18-12-26-19-11-16(5-6-17(19)20(18)24)25-10-9-23-8-7-22-13-23/h1-8,11-13H,9-10H2. The molecule has 0 atom stereocenters. The summed E-state index contributed by atoms with van der Waals surface area (Å²) in [5.74, 6) is 0.664. The van der Waals surface area contributed by atoms with Crippen molar-refractivity contribution in [2.24, 2.45) is 0 Å². The van der Waals surface area contributed by atoms with E-state index in [1.807, 2.05) is 35.0 Å². The van der Waals surface area contributed by atoms with E-state index in [-0.39, 0.29) is 5.43 Å². The Kier molecular flexibility index (Phi) is 4.58. The number of aromatic nitrogens is 2. The van der Waals surface area contributed by atoms with Crippen LogP contribution in [0.1, 0.15) is 0 Å². The molecular formula is C20H15BrN2O3. The van der Waals surface area contributed by atoms with E-state index >= 15 is 0 Å². The van der Waals surface area contributed by atoms with Gasteiger partial charge in [0.25, 0.3) is 0 Å². The molecule has 0 N–H and O–H groups in total. The first-order valence-corrected chi connectivity index (χ1v) is 8.90. The van der Waals surface area contributed by atoms with E-state index in [4.69, 9.17) is 9.15 Å². The van der Waals surface area contributed by atoms with E-state index < -0.39 is 0 Å². The molecule has 2 heterocycles. The lowest BCUT2D eigenvalue weighted by Gasteiger charge is -2.08. The van der Waals surface area contributed by atoms with Crippen LogP contribution in [0.2, 0.25) is 0 Å². The zero-order chi connectivity index (χ0) is 17.9. The molecule has 0 aliphatic rings. The van der Waals surface area contributed by atoms with Gasteiger partial charge in [-0.15, -0.1) is 0 Å². The Hall–Kier alpha value is -2.86. The minimum absolute atomic E-state index is 0.0569. The quantitative estimate of drug-likeness (QED) is 0.485. The minimum atomic E-state index is -0.0569. The van der Waals surface area contributed by atoms with E-state index in [1.165, 1.54) is 6.26 Å². The Morgan fingerprint density at radius 3 is 2.77 bits per heavy atom. The molecule has 0 fully saturated rings. The van der Waals surface area contributed by atoms with Crippen molar-refractivity contribution < 1.29 is 9.15 Å². The van der Waals surface area contributed by atoms with Crippen molar-refractivity contribution in [2.45, 2.75) is 6.54 Å². The first-order chi connectivity index (χ1) is 12.7. The van der Waals surface area contributed by atoms with Crippen molar-refractivity contribution in [3.8, 4) is 16.9 Å². The van der Waals surface area contributed by atoms with E-state index in [1.54, 1.807) is 30.7 Å². The minimum Gasteiger partial charge on any atom is -0.492 e. The number of imidazole rings is 1. The Balaban J connectivity index is 1.58. The number of hydrogen-bond donors (Lipinski definition) is 0. The van der Waals surface area contributed by atoms with Crippen molar-refractivity contribution in [3.63, 3.8) is 0 Å². The fraction of sp³-hybridized carbons (Fsp3) is 0.100. The monoisotopic (exact) mass is 410 g/mol.